The maximum atomic E-state index is 12.2. The van der Waals surface area contributed by atoms with Crippen LogP contribution in [0.1, 0.15) is 40.4 Å². The molecule has 1 unspecified atom stereocenters. The van der Waals surface area contributed by atoms with Crippen molar-refractivity contribution in [2.45, 2.75) is 39.2 Å². The number of aliphatic carboxylic acids is 1. The van der Waals surface area contributed by atoms with Crippen LogP contribution in [-0.4, -0.2) is 36.2 Å². The Labute approximate surface area is 123 Å². The van der Waals surface area contributed by atoms with E-state index in [9.17, 15) is 9.59 Å². The van der Waals surface area contributed by atoms with Crippen molar-refractivity contribution in [1.82, 2.24) is 5.32 Å². The van der Waals surface area contributed by atoms with E-state index in [0.717, 1.165) is 12.0 Å². The highest BCUT2D eigenvalue weighted by molar-refractivity contribution is 7.14. The van der Waals surface area contributed by atoms with Crippen LogP contribution < -0.4 is 5.32 Å². The SMILES string of the molecule is CCc1sc(C(=O)NC(C)(COC)CC(=O)O)cc1C. The lowest BCUT2D eigenvalue weighted by Crippen LogP contribution is -2.50. The number of ether oxygens (including phenoxy) is 1. The fourth-order valence-corrected chi connectivity index (χ4v) is 3.11. The molecule has 0 aromatic carbocycles. The summed E-state index contributed by atoms with van der Waals surface area (Å²) >= 11 is 1.44. The normalized spacial score (nSPS) is 13.8. The predicted octanol–water partition coefficient (Wildman–Crippen LogP) is 2.23. The number of aryl methyl sites for hydroxylation is 2. The summed E-state index contributed by atoms with van der Waals surface area (Å²) in [6.45, 7) is 5.83. The first kappa shape index (κ1) is 16.7. The molecule has 0 saturated carbocycles. The molecule has 2 N–H and O–H groups in total. The molecule has 5 nitrogen and oxygen atoms in total. The highest BCUT2D eigenvalue weighted by atomic mass is 32.1. The van der Waals surface area contributed by atoms with Gasteiger partial charge in [-0.05, 0) is 31.9 Å². The Morgan fingerprint density at radius 3 is 2.60 bits per heavy atom. The molecule has 0 bridgehead atoms. The second-order valence-electron chi connectivity index (χ2n) is 5.09. The largest absolute Gasteiger partial charge is 0.481 e. The third-order valence-electron chi connectivity index (χ3n) is 2.99. The van der Waals surface area contributed by atoms with Gasteiger partial charge in [0.1, 0.15) is 0 Å². The second-order valence-corrected chi connectivity index (χ2v) is 6.23. The van der Waals surface area contributed by atoms with Gasteiger partial charge in [0.25, 0.3) is 5.91 Å². The Bertz CT molecular complexity index is 497. The van der Waals surface area contributed by atoms with Crippen LogP contribution in [0.25, 0.3) is 0 Å². The summed E-state index contributed by atoms with van der Waals surface area (Å²) in [7, 11) is 1.48. The number of thiophene rings is 1. The monoisotopic (exact) mass is 299 g/mol. The standard InChI is InChI=1S/C14H21NO4S/c1-5-10-9(2)6-11(20-10)13(18)15-14(3,8-19-4)7-12(16)17/h6H,5,7-8H2,1-4H3,(H,15,18)(H,16,17). The molecular weight excluding hydrogens is 278 g/mol. The van der Waals surface area contributed by atoms with Gasteiger partial charge in [-0.15, -0.1) is 11.3 Å². The minimum absolute atomic E-state index is 0.149. The van der Waals surface area contributed by atoms with E-state index in [1.165, 1.54) is 23.3 Å². The molecule has 1 heterocycles. The van der Waals surface area contributed by atoms with Gasteiger partial charge in [-0.25, -0.2) is 0 Å². The minimum Gasteiger partial charge on any atom is -0.481 e. The lowest BCUT2D eigenvalue weighted by molar-refractivity contribution is -0.139. The number of methoxy groups -OCH3 is 1. The lowest BCUT2D eigenvalue weighted by Gasteiger charge is -2.28. The number of amides is 1. The molecule has 1 aromatic heterocycles. The molecule has 0 aliphatic heterocycles. The average Bonchev–Trinajstić information content (AvgIpc) is 2.69. The van der Waals surface area contributed by atoms with Crippen LogP contribution in [0.2, 0.25) is 0 Å². The summed E-state index contributed by atoms with van der Waals surface area (Å²) in [5, 5.41) is 11.7. The minimum atomic E-state index is -0.971. The first-order valence-corrected chi connectivity index (χ1v) is 7.25. The third-order valence-corrected chi connectivity index (χ3v) is 4.37. The van der Waals surface area contributed by atoms with Crippen molar-refractivity contribution in [2.75, 3.05) is 13.7 Å². The smallest absolute Gasteiger partial charge is 0.305 e. The highest BCUT2D eigenvalue weighted by Gasteiger charge is 2.30. The number of rotatable bonds is 7. The number of nitrogens with one attached hydrogen (secondary N) is 1. The maximum Gasteiger partial charge on any atom is 0.305 e. The first-order chi connectivity index (χ1) is 9.31. The Morgan fingerprint density at radius 2 is 2.15 bits per heavy atom. The van der Waals surface area contributed by atoms with Crippen molar-refractivity contribution >= 4 is 23.2 Å². The third kappa shape index (κ3) is 4.31. The molecule has 0 spiro atoms. The number of carboxylic acid groups (broad SMARTS) is 1. The van der Waals surface area contributed by atoms with Gasteiger partial charge in [-0.2, -0.15) is 0 Å². The number of carbonyl (C=O) groups excluding carboxylic acids is 1. The fourth-order valence-electron chi connectivity index (χ4n) is 2.10. The van der Waals surface area contributed by atoms with Gasteiger partial charge in [0, 0.05) is 12.0 Å². The van der Waals surface area contributed by atoms with Crippen molar-refractivity contribution in [3.05, 3.63) is 21.4 Å². The van der Waals surface area contributed by atoms with Crippen molar-refractivity contribution in [3.8, 4) is 0 Å². The van der Waals surface area contributed by atoms with Gasteiger partial charge in [0.15, 0.2) is 0 Å². The zero-order valence-electron chi connectivity index (χ0n) is 12.3. The molecule has 0 aliphatic rings. The summed E-state index contributed by atoms with van der Waals surface area (Å²) in [6.07, 6.45) is 0.700. The zero-order chi connectivity index (χ0) is 15.3. The van der Waals surface area contributed by atoms with Gasteiger partial charge < -0.3 is 15.2 Å². The number of carboxylic acids is 1. The van der Waals surface area contributed by atoms with E-state index >= 15 is 0 Å². The van der Waals surface area contributed by atoms with E-state index in [-0.39, 0.29) is 18.9 Å². The molecule has 0 fully saturated rings. The van der Waals surface area contributed by atoms with Crippen LogP contribution in [0.5, 0.6) is 0 Å². The van der Waals surface area contributed by atoms with Crippen LogP contribution in [-0.2, 0) is 16.0 Å². The van der Waals surface area contributed by atoms with Crippen LogP contribution in [0, 0.1) is 6.92 Å². The summed E-state index contributed by atoms with van der Waals surface area (Å²) in [4.78, 5) is 24.9. The number of hydrogen-bond acceptors (Lipinski definition) is 4. The molecule has 1 rings (SSSR count). The summed E-state index contributed by atoms with van der Waals surface area (Å²) in [6, 6.07) is 1.84. The molecular formula is C14H21NO4S. The topological polar surface area (TPSA) is 75.6 Å². The van der Waals surface area contributed by atoms with Crippen LogP contribution in [0.15, 0.2) is 6.07 Å². The second kappa shape index (κ2) is 6.85. The summed E-state index contributed by atoms with van der Waals surface area (Å²) in [5.41, 5.74) is 0.177. The van der Waals surface area contributed by atoms with E-state index in [1.54, 1.807) is 6.92 Å². The van der Waals surface area contributed by atoms with E-state index in [1.807, 2.05) is 19.9 Å². The molecule has 1 aromatic rings. The van der Waals surface area contributed by atoms with Crippen molar-refractivity contribution in [1.29, 1.82) is 0 Å². The first-order valence-electron chi connectivity index (χ1n) is 6.44. The zero-order valence-corrected chi connectivity index (χ0v) is 13.1. The van der Waals surface area contributed by atoms with Gasteiger partial charge in [-0.3, -0.25) is 9.59 Å². The molecule has 0 aliphatic carbocycles. The molecule has 112 valence electrons. The van der Waals surface area contributed by atoms with Crippen LogP contribution in [0.4, 0.5) is 0 Å². The van der Waals surface area contributed by atoms with Gasteiger partial charge >= 0.3 is 5.97 Å². The van der Waals surface area contributed by atoms with Crippen molar-refractivity contribution in [2.24, 2.45) is 0 Å². The van der Waals surface area contributed by atoms with Gasteiger partial charge in [0.2, 0.25) is 0 Å². The van der Waals surface area contributed by atoms with E-state index in [2.05, 4.69) is 5.32 Å². The van der Waals surface area contributed by atoms with Gasteiger partial charge in [-0.1, -0.05) is 6.92 Å². The average molecular weight is 299 g/mol. The molecule has 0 saturated heterocycles. The van der Waals surface area contributed by atoms with Crippen LogP contribution in [0.3, 0.4) is 0 Å². The predicted molar refractivity (Wildman–Crippen MR) is 78.4 cm³/mol. The number of hydrogen-bond donors (Lipinski definition) is 2. The molecule has 6 heteroatoms. The maximum absolute atomic E-state index is 12.2. The number of carbonyl (C=O) groups is 2. The summed E-state index contributed by atoms with van der Waals surface area (Å²) in [5.74, 6) is -1.22. The Hall–Kier alpha value is -1.40. The fraction of sp³-hybridized carbons (Fsp3) is 0.571. The van der Waals surface area contributed by atoms with Crippen LogP contribution >= 0.6 is 11.3 Å². The molecule has 1 atom stereocenters. The molecule has 1 amide bonds. The van der Waals surface area contributed by atoms with E-state index < -0.39 is 11.5 Å². The Balaban J connectivity index is 2.87. The Morgan fingerprint density at radius 1 is 1.50 bits per heavy atom. The lowest BCUT2D eigenvalue weighted by atomic mass is 9.99. The highest BCUT2D eigenvalue weighted by Crippen LogP contribution is 2.23. The quantitative estimate of drug-likeness (QED) is 0.809. The van der Waals surface area contributed by atoms with Crippen molar-refractivity contribution < 1.29 is 19.4 Å². The van der Waals surface area contributed by atoms with Crippen molar-refractivity contribution in [3.63, 3.8) is 0 Å². The Kier molecular flexibility index (Phi) is 5.71. The summed E-state index contributed by atoms with van der Waals surface area (Å²) < 4.78 is 5.02. The van der Waals surface area contributed by atoms with E-state index in [0.29, 0.717) is 4.88 Å². The van der Waals surface area contributed by atoms with Gasteiger partial charge in [0.05, 0.1) is 23.4 Å². The van der Waals surface area contributed by atoms with E-state index in [4.69, 9.17) is 9.84 Å². The molecule has 0 radical (unpaired) electrons. The molecule has 20 heavy (non-hydrogen) atoms.